The van der Waals surface area contributed by atoms with E-state index in [0.717, 1.165) is 72.3 Å². The van der Waals surface area contributed by atoms with Gasteiger partial charge in [0, 0.05) is 44.6 Å². The number of hydrogen-bond donors (Lipinski definition) is 0. The molecular formula is C45H29N5. The number of benzene rings is 6. The molecule has 0 unspecified atom stereocenters. The maximum Gasteiger partial charge on any atom is 0.235 e. The Balaban J connectivity index is 1.23. The smallest absolute Gasteiger partial charge is 0.235 e. The standard InChI is InChI=1S/C45H29N5/c1-4-14-30(15-5-1)38-29-39(31-16-6-2-7-17-31)48-45(47-38)50-40-23-11-10-20-36(40)43-34(21-12-24-42(43)50)32-25-26-41-37(28-32)35-22-13-27-46-44(35)49(41)33-18-8-3-9-19-33/h1-29H. The van der Waals surface area contributed by atoms with Gasteiger partial charge in [-0.3, -0.25) is 9.13 Å². The van der Waals surface area contributed by atoms with Crippen LogP contribution in [0.25, 0.3) is 89.0 Å². The fraction of sp³-hybridized carbons (Fsp3) is 0. The Hall–Kier alpha value is -6.85. The molecule has 0 radical (unpaired) electrons. The van der Waals surface area contributed by atoms with Crippen molar-refractivity contribution in [2.45, 2.75) is 0 Å². The molecule has 50 heavy (non-hydrogen) atoms. The monoisotopic (exact) mass is 639 g/mol. The van der Waals surface area contributed by atoms with Crippen molar-refractivity contribution < 1.29 is 0 Å². The maximum atomic E-state index is 5.22. The summed E-state index contributed by atoms with van der Waals surface area (Å²) < 4.78 is 4.47. The van der Waals surface area contributed by atoms with Crippen LogP contribution in [0.15, 0.2) is 176 Å². The van der Waals surface area contributed by atoms with Gasteiger partial charge in [0.25, 0.3) is 0 Å². The second kappa shape index (κ2) is 11.4. The van der Waals surface area contributed by atoms with E-state index < -0.39 is 0 Å². The molecule has 0 aliphatic carbocycles. The Morgan fingerprint density at radius 1 is 0.400 bits per heavy atom. The lowest BCUT2D eigenvalue weighted by Crippen LogP contribution is -2.04. The fourth-order valence-corrected chi connectivity index (χ4v) is 7.38. The lowest BCUT2D eigenvalue weighted by atomic mass is 9.98. The Bertz CT molecular complexity index is 2800. The normalized spacial score (nSPS) is 11.6. The number of nitrogens with zero attached hydrogens (tertiary/aromatic N) is 5. The van der Waals surface area contributed by atoms with Crippen LogP contribution in [0, 0.1) is 0 Å². The van der Waals surface area contributed by atoms with E-state index in [1.165, 1.54) is 10.8 Å². The average Bonchev–Trinajstić information content (AvgIpc) is 3.71. The highest BCUT2D eigenvalue weighted by molar-refractivity contribution is 6.17. The minimum Gasteiger partial charge on any atom is -0.294 e. The van der Waals surface area contributed by atoms with Gasteiger partial charge in [0.2, 0.25) is 5.95 Å². The second-order valence-corrected chi connectivity index (χ2v) is 12.5. The van der Waals surface area contributed by atoms with Crippen LogP contribution in [-0.4, -0.2) is 24.1 Å². The zero-order valence-corrected chi connectivity index (χ0v) is 27.0. The number of rotatable bonds is 5. The van der Waals surface area contributed by atoms with Gasteiger partial charge < -0.3 is 0 Å². The number of para-hydroxylation sites is 2. The molecule has 0 fully saturated rings. The minimum absolute atomic E-state index is 0.640. The molecule has 4 heterocycles. The zero-order valence-electron chi connectivity index (χ0n) is 27.0. The molecule has 0 aliphatic heterocycles. The summed E-state index contributed by atoms with van der Waals surface area (Å²) in [5.41, 5.74) is 11.4. The summed E-state index contributed by atoms with van der Waals surface area (Å²) in [7, 11) is 0. The fourth-order valence-electron chi connectivity index (χ4n) is 7.38. The Morgan fingerprint density at radius 2 is 1.02 bits per heavy atom. The topological polar surface area (TPSA) is 48.5 Å². The van der Waals surface area contributed by atoms with E-state index in [9.17, 15) is 0 Å². The SMILES string of the molecule is c1ccc(-c2cc(-c3ccccc3)nc(-n3c4ccccc4c4c(-c5ccc6c(c5)c5cccnc5n6-c5ccccc5)cccc43)n2)cc1. The van der Waals surface area contributed by atoms with E-state index in [4.69, 9.17) is 15.0 Å². The molecule has 0 saturated heterocycles. The first-order valence-corrected chi connectivity index (χ1v) is 16.8. The van der Waals surface area contributed by atoms with Crippen molar-refractivity contribution in [3.05, 3.63) is 176 Å². The van der Waals surface area contributed by atoms with Crippen molar-refractivity contribution in [1.29, 1.82) is 0 Å². The number of aromatic nitrogens is 5. The summed E-state index contributed by atoms with van der Waals surface area (Å²) in [5, 5.41) is 4.62. The van der Waals surface area contributed by atoms with E-state index in [-0.39, 0.29) is 0 Å². The quantitative estimate of drug-likeness (QED) is 0.188. The van der Waals surface area contributed by atoms with Gasteiger partial charge in [0.1, 0.15) is 5.65 Å². The molecule has 0 spiro atoms. The lowest BCUT2D eigenvalue weighted by molar-refractivity contribution is 0.995. The van der Waals surface area contributed by atoms with E-state index in [0.29, 0.717) is 5.95 Å². The van der Waals surface area contributed by atoms with Crippen molar-refractivity contribution in [3.8, 4) is 45.3 Å². The summed E-state index contributed by atoms with van der Waals surface area (Å²) >= 11 is 0. The van der Waals surface area contributed by atoms with Crippen LogP contribution in [-0.2, 0) is 0 Å². The first-order valence-electron chi connectivity index (χ1n) is 16.8. The number of pyridine rings is 1. The predicted molar refractivity (Wildman–Crippen MR) is 205 cm³/mol. The molecule has 0 amide bonds. The van der Waals surface area contributed by atoms with Crippen LogP contribution in [0.2, 0.25) is 0 Å². The summed E-state index contributed by atoms with van der Waals surface area (Å²) in [6, 6.07) is 59.3. The number of fused-ring (bicyclic) bond motifs is 6. The first-order chi connectivity index (χ1) is 24.8. The Morgan fingerprint density at radius 3 is 1.76 bits per heavy atom. The Kier molecular flexibility index (Phi) is 6.42. The zero-order chi connectivity index (χ0) is 33.0. The first kappa shape index (κ1) is 28.2. The van der Waals surface area contributed by atoms with Crippen LogP contribution in [0.3, 0.4) is 0 Å². The van der Waals surface area contributed by atoms with Crippen molar-refractivity contribution >= 4 is 43.7 Å². The van der Waals surface area contributed by atoms with Crippen molar-refractivity contribution in [2.24, 2.45) is 0 Å². The highest BCUT2D eigenvalue weighted by Crippen LogP contribution is 2.41. The van der Waals surface area contributed by atoms with Gasteiger partial charge >= 0.3 is 0 Å². The molecule has 0 bridgehead atoms. The highest BCUT2D eigenvalue weighted by Gasteiger charge is 2.20. The molecule has 6 aromatic carbocycles. The van der Waals surface area contributed by atoms with Crippen LogP contribution in [0.4, 0.5) is 0 Å². The van der Waals surface area contributed by atoms with E-state index >= 15 is 0 Å². The molecule has 10 aromatic rings. The van der Waals surface area contributed by atoms with Gasteiger partial charge in [-0.1, -0.05) is 115 Å². The second-order valence-electron chi connectivity index (χ2n) is 12.5. The predicted octanol–water partition coefficient (Wildman–Crippen LogP) is 11.1. The van der Waals surface area contributed by atoms with Gasteiger partial charge in [0.15, 0.2) is 0 Å². The number of hydrogen-bond acceptors (Lipinski definition) is 3. The molecule has 0 aliphatic rings. The van der Waals surface area contributed by atoms with Gasteiger partial charge in [-0.15, -0.1) is 0 Å². The van der Waals surface area contributed by atoms with Crippen molar-refractivity contribution in [3.63, 3.8) is 0 Å². The molecule has 5 nitrogen and oxygen atoms in total. The molecule has 234 valence electrons. The molecule has 5 heteroatoms. The van der Waals surface area contributed by atoms with Gasteiger partial charge in [-0.2, -0.15) is 0 Å². The van der Waals surface area contributed by atoms with Gasteiger partial charge in [-0.05, 0) is 65.7 Å². The third kappa shape index (κ3) is 4.45. The minimum atomic E-state index is 0.640. The van der Waals surface area contributed by atoms with Gasteiger partial charge in [-0.25, -0.2) is 15.0 Å². The summed E-state index contributed by atoms with van der Waals surface area (Å²) in [6.45, 7) is 0. The van der Waals surface area contributed by atoms with Gasteiger partial charge in [0.05, 0.1) is 27.9 Å². The lowest BCUT2D eigenvalue weighted by Gasteiger charge is -2.12. The molecular weight excluding hydrogens is 611 g/mol. The van der Waals surface area contributed by atoms with Crippen LogP contribution >= 0.6 is 0 Å². The molecule has 4 aromatic heterocycles. The highest BCUT2D eigenvalue weighted by atomic mass is 15.2. The molecule has 0 atom stereocenters. The largest absolute Gasteiger partial charge is 0.294 e. The average molecular weight is 640 g/mol. The van der Waals surface area contributed by atoms with Crippen molar-refractivity contribution in [1.82, 2.24) is 24.1 Å². The third-order valence-electron chi connectivity index (χ3n) is 9.60. The molecule has 10 rings (SSSR count). The van der Waals surface area contributed by atoms with E-state index in [1.54, 1.807) is 0 Å². The summed E-state index contributed by atoms with van der Waals surface area (Å²) in [6.07, 6.45) is 1.87. The third-order valence-corrected chi connectivity index (χ3v) is 9.60. The summed E-state index contributed by atoms with van der Waals surface area (Å²) in [5.74, 6) is 0.640. The molecule has 0 N–H and O–H groups in total. The van der Waals surface area contributed by atoms with E-state index in [2.05, 4.69) is 155 Å². The van der Waals surface area contributed by atoms with Crippen LogP contribution < -0.4 is 0 Å². The Labute approximate surface area is 288 Å². The molecule has 0 saturated carbocycles. The summed E-state index contributed by atoms with van der Waals surface area (Å²) in [4.78, 5) is 15.3. The van der Waals surface area contributed by atoms with E-state index in [1.807, 2.05) is 30.5 Å². The van der Waals surface area contributed by atoms with Crippen LogP contribution in [0.1, 0.15) is 0 Å². The van der Waals surface area contributed by atoms with Crippen molar-refractivity contribution in [2.75, 3.05) is 0 Å². The van der Waals surface area contributed by atoms with Crippen LogP contribution in [0.5, 0.6) is 0 Å². The maximum absolute atomic E-state index is 5.22.